The number of nitrogens with one attached hydrogen (secondary N) is 1. The van der Waals surface area contributed by atoms with E-state index in [1.165, 1.54) is 6.42 Å². The number of ether oxygens (including phenoxy) is 2. The van der Waals surface area contributed by atoms with Crippen molar-refractivity contribution < 1.29 is 14.3 Å². The van der Waals surface area contributed by atoms with Gasteiger partial charge in [-0.1, -0.05) is 0 Å². The second kappa shape index (κ2) is 5.98. The Kier molecular flexibility index (Phi) is 4.36. The molecule has 2 bridgehead atoms. The normalized spacial score (nSPS) is 35.9. The molecule has 1 amide bonds. The Morgan fingerprint density at radius 3 is 2.73 bits per heavy atom. The molecule has 3 aliphatic heterocycles. The van der Waals surface area contributed by atoms with Gasteiger partial charge in [-0.25, -0.2) is 4.79 Å². The van der Waals surface area contributed by atoms with Crippen LogP contribution >= 0.6 is 0 Å². The molecule has 6 heteroatoms. The summed E-state index contributed by atoms with van der Waals surface area (Å²) in [7, 11) is 0. The van der Waals surface area contributed by atoms with E-state index in [2.05, 4.69) is 17.1 Å². The molecule has 3 aliphatic rings. The molecule has 0 aromatic carbocycles. The summed E-state index contributed by atoms with van der Waals surface area (Å²) in [5.41, 5.74) is -0.442. The van der Waals surface area contributed by atoms with E-state index in [-0.39, 0.29) is 12.1 Å². The number of rotatable bonds is 2. The maximum absolute atomic E-state index is 12.4. The number of hydrogen-bond acceptors (Lipinski definition) is 5. The largest absolute Gasteiger partial charge is 0.444 e. The molecule has 3 heterocycles. The molecule has 0 aromatic rings. The van der Waals surface area contributed by atoms with Crippen LogP contribution < -0.4 is 5.32 Å². The highest BCUT2D eigenvalue weighted by Gasteiger charge is 2.41. The van der Waals surface area contributed by atoms with Gasteiger partial charge in [-0.2, -0.15) is 0 Å². The molecule has 0 spiro atoms. The van der Waals surface area contributed by atoms with Crippen LogP contribution in [0.25, 0.3) is 0 Å². The van der Waals surface area contributed by atoms with Gasteiger partial charge in [-0.3, -0.25) is 4.90 Å². The molecule has 6 nitrogen and oxygen atoms in total. The fraction of sp³-hybridized carbons (Fsp3) is 0.938. The fourth-order valence-electron chi connectivity index (χ4n) is 3.61. The van der Waals surface area contributed by atoms with Crippen LogP contribution in [0.1, 0.15) is 34.1 Å². The lowest BCUT2D eigenvalue weighted by Crippen LogP contribution is -2.61. The van der Waals surface area contributed by atoms with E-state index in [1.54, 1.807) is 0 Å². The van der Waals surface area contributed by atoms with Gasteiger partial charge in [0.1, 0.15) is 5.60 Å². The maximum atomic E-state index is 12.4. The van der Waals surface area contributed by atoms with Gasteiger partial charge in [0.2, 0.25) is 0 Å². The standard InChI is InChI=1S/C16H29N3O3/c1-11-6-17-12(7-18-9-14-5-13(18)10-21-14)8-19(11)15(20)22-16(2,3)4/h11-14,17H,5-10H2,1-4H3/t11-,12+,13+,14+/m1/s1. The third-order valence-corrected chi connectivity index (χ3v) is 4.75. The number of likely N-dealkylation sites (tertiary alicyclic amines) is 1. The SMILES string of the molecule is C[C@@H]1CN[C@@H](CN2C[C@@H]3C[C@H]2CO3)CN1C(=O)OC(C)(C)C. The maximum Gasteiger partial charge on any atom is 0.410 e. The molecule has 0 aliphatic carbocycles. The van der Waals surface area contributed by atoms with E-state index in [9.17, 15) is 4.79 Å². The first-order valence-electron chi connectivity index (χ1n) is 8.40. The van der Waals surface area contributed by atoms with Crippen LogP contribution in [-0.4, -0.2) is 78.5 Å². The summed E-state index contributed by atoms with van der Waals surface area (Å²) >= 11 is 0. The number of carbonyl (C=O) groups excluding carboxylic acids is 1. The first-order valence-corrected chi connectivity index (χ1v) is 8.40. The Morgan fingerprint density at radius 2 is 2.14 bits per heavy atom. The lowest BCUT2D eigenvalue weighted by molar-refractivity contribution is 0.000649. The molecule has 1 N–H and O–H groups in total. The van der Waals surface area contributed by atoms with E-state index < -0.39 is 5.60 Å². The van der Waals surface area contributed by atoms with Gasteiger partial charge in [0.15, 0.2) is 0 Å². The van der Waals surface area contributed by atoms with Crippen LogP contribution in [0.2, 0.25) is 0 Å². The van der Waals surface area contributed by atoms with Gasteiger partial charge >= 0.3 is 6.09 Å². The number of hydrogen-bond donors (Lipinski definition) is 1. The monoisotopic (exact) mass is 311 g/mol. The second-order valence-corrected chi connectivity index (χ2v) is 7.89. The summed E-state index contributed by atoms with van der Waals surface area (Å²) < 4.78 is 11.2. The average Bonchev–Trinajstić information content (AvgIpc) is 3.01. The van der Waals surface area contributed by atoms with E-state index in [0.29, 0.717) is 24.7 Å². The molecule has 0 radical (unpaired) electrons. The Labute approximate surface area is 133 Å². The topological polar surface area (TPSA) is 54.0 Å². The van der Waals surface area contributed by atoms with Crippen molar-refractivity contribution in [3.8, 4) is 0 Å². The number of fused-ring (bicyclic) bond motifs is 2. The summed E-state index contributed by atoms with van der Waals surface area (Å²) in [6, 6.07) is 1.05. The Bertz CT molecular complexity index is 423. The van der Waals surface area contributed by atoms with Gasteiger partial charge in [-0.05, 0) is 34.1 Å². The third-order valence-electron chi connectivity index (χ3n) is 4.75. The molecular weight excluding hydrogens is 282 g/mol. The Morgan fingerprint density at radius 1 is 1.36 bits per heavy atom. The van der Waals surface area contributed by atoms with Gasteiger partial charge in [0.05, 0.1) is 12.7 Å². The molecule has 22 heavy (non-hydrogen) atoms. The van der Waals surface area contributed by atoms with E-state index in [4.69, 9.17) is 9.47 Å². The second-order valence-electron chi connectivity index (χ2n) is 7.89. The summed E-state index contributed by atoms with van der Waals surface area (Å²) in [5, 5.41) is 3.57. The van der Waals surface area contributed by atoms with E-state index in [1.807, 2.05) is 25.7 Å². The Hall–Kier alpha value is -0.850. The van der Waals surface area contributed by atoms with Crippen LogP contribution in [0, 0.1) is 0 Å². The van der Waals surface area contributed by atoms with Gasteiger partial charge in [0, 0.05) is 44.3 Å². The molecule has 3 rings (SSSR count). The van der Waals surface area contributed by atoms with Crippen molar-refractivity contribution in [2.24, 2.45) is 0 Å². The van der Waals surface area contributed by atoms with Crippen molar-refractivity contribution in [2.45, 2.75) is 63.9 Å². The first-order chi connectivity index (χ1) is 10.3. The summed E-state index contributed by atoms with van der Waals surface area (Å²) in [6.45, 7) is 12.2. The molecule has 3 fully saturated rings. The quantitative estimate of drug-likeness (QED) is 0.826. The minimum Gasteiger partial charge on any atom is -0.444 e. The van der Waals surface area contributed by atoms with Crippen molar-refractivity contribution >= 4 is 6.09 Å². The third kappa shape index (κ3) is 3.55. The molecule has 4 atom stereocenters. The van der Waals surface area contributed by atoms with Crippen LogP contribution in [-0.2, 0) is 9.47 Å². The summed E-state index contributed by atoms with van der Waals surface area (Å²) in [6.07, 6.45) is 1.39. The highest BCUT2D eigenvalue weighted by atomic mass is 16.6. The zero-order chi connectivity index (χ0) is 15.9. The molecule has 0 aromatic heterocycles. The summed E-state index contributed by atoms with van der Waals surface area (Å²) in [4.78, 5) is 16.8. The van der Waals surface area contributed by atoms with Crippen LogP contribution in [0.5, 0.6) is 0 Å². The van der Waals surface area contributed by atoms with Crippen molar-refractivity contribution in [3.63, 3.8) is 0 Å². The lowest BCUT2D eigenvalue weighted by Gasteiger charge is -2.41. The average molecular weight is 311 g/mol. The van der Waals surface area contributed by atoms with Crippen LogP contribution in [0.4, 0.5) is 4.79 Å². The Balaban J connectivity index is 1.55. The van der Waals surface area contributed by atoms with Crippen molar-refractivity contribution in [1.82, 2.24) is 15.1 Å². The minimum absolute atomic E-state index is 0.171. The number of morpholine rings is 1. The minimum atomic E-state index is -0.442. The number of piperazine rings is 1. The predicted octanol–water partition coefficient (Wildman–Crippen LogP) is 1.06. The van der Waals surface area contributed by atoms with Crippen LogP contribution in [0.3, 0.4) is 0 Å². The summed E-state index contributed by atoms with van der Waals surface area (Å²) in [5.74, 6) is 0. The van der Waals surface area contributed by atoms with E-state index in [0.717, 1.165) is 26.2 Å². The number of nitrogens with zero attached hydrogens (tertiary/aromatic N) is 2. The van der Waals surface area contributed by atoms with Crippen LogP contribution in [0.15, 0.2) is 0 Å². The smallest absolute Gasteiger partial charge is 0.410 e. The van der Waals surface area contributed by atoms with Crippen molar-refractivity contribution in [3.05, 3.63) is 0 Å². The fourth-order valence-corrected chi connectivity index (χ4v) is 3.61. The molecular formula is C16H29N3O3. The number of carbonyl (C=O) groups is 1. The zero-order valence-electron chi connectivity index (χ0n) is 14.2. The highest BCUT2D eigenvalue weighted by molar-refractivity contribution is 5.68. The lowest BCUT2D eigenvalue weighted by atomic mass is 10.1. The highest BCUT2D eigenvalue weighted by Crippen LogP contribution is 2.28. The van der Waals surface area contributed by atoms with Gasteiger partial charge in [0.25, 0.3) is 0 Å². The molecule has 126 valence electrons. The van der Waals surface area contributed by atoms with E-state index >= 15 is 0 Å². The van der Waals surface area contributed by atoms with Gasteiger partial charge < -0.3 is 19.7 Å². The molecule has 0 saturated carbocycles. The number of amides is 1. The molecule has 3 saturated heterocycles. The van der Waals surface area contributed by atoms with Gasteiger partial charge in [-0.15, -0.1) is 0 Å². The zero-order valence-corrected chi connectivity index (χ0v) is 14.2. The predicted molar refractivity (Wildman–Crippen MR) is 83.9 cm³/mol. The molecule has 0 unspecified atom stereocenters. The first kappa shape index (κ1) is 16.0. The van der Waals surface area contributed by atoms with Crippen molar-refractivity contribution in [2.75, 3.05) is 32.8 Å². The van der Waals surface area contributed by atoms with Crippen molar-refractivity contribution in [1.29, 1.82) is 0 Å².